The Morgan fingerprint density at radius 1 is 1.15 bits per heavy atom. The molecule has 1 atom stereocenters. The smallest absolute Gasteiger partial charge is 0.387 e. The molecule has 3 rings (SSSR count). The molecule has 0 spiro atoms. The van der Waals surface area contributed by atoms with Crippen LogP contribution in [0.2, 0.25) is 0 Å². The molecular weight excluding hydrogens is 344 g/mol. The number of rotatable bonds is 7. The summed E-state index contributed by atoms with van der Waals surface area (Å²) < 4.78 is 29.1. The number of halogens is 2. The maximum absolute atomic E-state index is 12.3. The molecule has 8 heteroatoms. The Morgan fingerprint density at radius 3 is 2.65 bits per heavy atom. The number of carbonyl (C=O) groups excluding carboxylic acids is 2. The maximum atomic E-state index is 12.3. The van der Waals surface area contributed by atoms with Gasteiger partial charge >= 0.3 is 12.6 Å². The highest BCUT2D eigenvalue weighted by atomic mass is 19.3. The van der Waals surface area contributed by atoms with E-state index in [1.165, 1.54) is 6.07 Å². The number of amides is 3. The molecule has 0 heterocycles. The van der Waals surface area contributed by atoms with Gasteiger partial charge in [0, 0.05) is 19.0 Å². The molecule has 0 bridgehead atoms. The van der Waals surface area contributed by atoms with Crippen LogP contribution in [0, 0.1) is 5.92 Å². The third-order valence-corrected chi connectivity index (χ3v) is 4.62. The van der Waals surface area contributed by atoms with E-state index in [-0.39, 0.29) is 29.6 Å². The first-order chi connectivity index (χ1) is 12.5. The van der Waals surface area contributed by atoms with E-state index in [9.17, 15) is 18.4 Å². The van der Waals surface area contributed by atoms with E-state index in [1.807, 2.05) is 0 Å². The van der Waals surface area contributed by atoms with E-state index in [0.717, 1.165) is 43.2 Å². The van der Waals surface area contributed by atoms with E-state index >= 15 is 0 Å². The summed E-state index contributed by atoms with van der Waals surface area (Å²) in [6, 6.07) is 4.36. The van der Waals surface area contributed by atoms with Gasteiger partial charge in [-0.05, 0) is 55.4 Å². The van der Waals surface area contributed by atoms with Crippen LogP contribution in [0.15, 0.2) is 18.2 Å². The lowest BCUT2D eigenvalue weighted by molar-refractivity contribution is -0.122. The minimum absolute atomic E-state index is 0.0511. The highest BCUT2D eigenvalue weighted by Crippen LogP contribution is 2.32. The molecule has 0 aliphatic heterocycles. The first-order valence-electron chi connectivity index (χ1n) is 8.92. The third kappa shape index (κ3) is 5.06. The topological polar surface area (TPSA) is 79.5 Å². The van der Waals surface area contributed by atoms with Crippen LogP contribution in [0.4, 0.5) is 13.6 Å². The predicted octanol–water partition coefficient (Wildman–Crippen LogP) is 2.49. The van der Waals surface area contributed by atoms with Crippen molar-refractivity contribution in [3.05, 3.63) is 29.3 Å². The number of alkyl halides is 2. The van der Waals surface area contributed by atoms with Gasteiger partial charge in [0.15, 0.2) is 0 Å². The van der Waals surface area contributed by atoms with Crippen molar-refractivity contribution >= 4 is 11.9 Å². The maximum Gasteiger partial charge on any atom is 0.387 e. The molecule has 2 aliphatic carbocycles. The van der Waals surface area contributed by atoms with E-state index in [0.29, 0.717) is 13.1 Å². The number of fused-ring (bicyclic) bond motifs is 1. The predicted molar refractivity (Wildman–Crippen MR) is 91.0 cm³/mol. The number of aryl methyl sites for hydroxylation is 1. The lowest BCUT2D eigenvalue weighted by Gasteiger charge is -2.27. The first-order valence-corrected chi connectivity index (χ1v) is 8.92. The van der Waals surface area contributed by atoms with Crippen molar-refractivity contribution in [3.63, 3.8) is 0 Å². The van der Waals surface area contributed by atoms with E-state index < -0.39 is 6.61 Å². The minimum atomic E-state index is -2.85. The number of hydrogen-bond donors (Lipinski definition) is 3. The van der Waals surface area contributed by atoms with Crippen molar-refractivity contribution in [3.8, 4) is 5.75 Å². The highest BCUT2D eigenvalue weighted by molar-refractivity contribution is 5.81. The van der Waals surface area contributed by atoms with E-state index in [4.69, 9.17) is 0 Å². The van der Waals surface area contributed by atoms with Gasteiger partial charge in [0.25, 0.3) is 0 Å². The van der Waals surface area contributed by atoms with Crippen LogP contribution in [0.5, 0.6) is 5.75 Å². The van der Waals surface area contributed by atoms with Crippen LogP contribution >= 0.6 is 0 Å². The van der Waals surface area contributed by atoms with Gasteiger partial charge in [0.2, 0.25) is 5.91 Å². The fraction of sp³-hybridized carbons (Fsp3) is 0.556. The fourth-order valence-electron chi connectivity index (χ4n) is 3.18. The monoisotopic (exact) mass is 367 g/mol. The van der Waals surface area contributed by atoms with Crippen LogP contribution in [0.1, 0.15) is 42.9 Å². The molecule has 6 nitrogen and oxygen atoms in total. The summed E-state index contributed by atoms with van der Waals surface area (Å²) in [5.74, 6) is 0.340. The summed E-state index contributed by atoms with van der Waals surface area (Å²) in [6.45, 7) is -2.10. The van der Waals surface area contributed by atoms with Gasteiger partial charge in [-0.25, -0.2) is 4.79 Å². The van der Waals surface area contributed by atoms with Crippen LogP contribution in [-0.2, 0) is 11.2 Å². The molecule has 26 heavy (non-hydrogen) atoms. The lowest BCUT2D eigenvalue weighted by atomic mass is 9.87. The second-order valence-corrected chi connectivity index (χ2v) is 6.65. The van der Waals surface area contributed by atoms with E-state index in [2.05, 4.69) is 20.7 Å². The number of nitrogens with one attached hydrogen (secondary N) is 3. The second-order valence-electron chi connectivity index (χ2n) is 6.65. The molecule has 0 saturated heterocycles. The van der Waals surface area contributed by atoms with Gasteiger partial charge in [-0.15, -0.1) is 0 Å². The summed E-state index contributed by atoms with van der Waals surface area (Å²) in [5.41, 5.74) is 1.84. The van der Waals surface area contributed by atoms with Crippen LogP contribution in [0.3, 0.4) is 0 Å². The molecule has 3 N–H and O–H groups in total. The molecule has 1 aromatic carbocycles. The van der Waals surface area contributed by atoms with E-state index in [1.54, 1.807) is 12.1 Å². The van der Waals surface area contributed by atoms with Gasteiger partial charge in [-0.1, -0.05) is 6.07 Å². The molecule has 1 unspecified atom stereocenters. The summed E-state index contributed by atoms with van der Waals surface area (Å²) in [4.78, 5) is 23.6. The Balaban J connectivity index is 1.47. The molecular formula is C18H23F2N3O3. The van der Waals surface area contributed by atoms with Gasteiger partial charge in [-0.3, -0.25) is 4.79 Å². The lowest BCUT2D eigenvalue weighted by Crippen LogP contribution is -2.42. The second kappa shape index (κ2) is 8.33. The Kier molecular flexibility index (Phi) is 5.90. The van der Waals surface area contributed by atoms with Crippen LogP contribution < -0.4 is 20.7 Å². The SMILES string of the molecule is O=C(NCCNC(=O)C1CC1)NC1CCCc2cc(OC(F)F)ccc21. The molecule has 0 aromatic heterocycles. The molecule has 142 valence electrons. The number of hydrogen-bond acceptors (Lipinski definition) is 3. The zero-order valence-corrected chi connectivity index (χ0v) is 14.4. The van der Waals surface area contributed by atoms with Crippen molar-refractivity contribution in [1.29, 1.82) is 0 Å². The first kappa shape index (κ1) is 18.4. The Hall–Kier alpha value is -2.38. The van der Waals surface area contributed by atoms with Gasteiger partial charge < -0.3 is 20.7 Å². The quantitative estimate of drug-likeness (QED) is 0.648. The Bertz CT molecular complexity index is 665. The van der Waals surface area contributed by atoms with Gasteiger partial charge in [0.1, 0.15) is 5.75 Å². The zero-order chi connectivity index (χ0) is 18.5. The molecule has 3 amide bonds. The average Bonchev–Trinajstić information content (AvgIpc) is 3.43. The summed E-state index contributed by atoms with van der Waals surface area (Å²) in [6.07, 6.45) is 4.31. The summed E-state index contributed by atoms with van der Waals surface area (Å²) in [5, 5.41) is 8.42. The molecule has 1 fully saturated rings. The summed E-state index contributed by atoms with van der Waals surface area (Å²) in [7, 11) is 0. The summed E-state index contributed by atoms with van der Waals surface area (Å²) >= 11 is 0. The Morgan fingerprint density at radius 2 is 1.92 bits per heavy atom. The van der Waals surface area contributed by atoms with Crippen LogP contribution in [-0.4, -0.2) is 31.6 Å². The largest absolute Gasteiger partial charge is 0.435 e. The Labute approximate surface area is 150 Å². The molecule has 2 aliphatic rings. The normalized spacial score (nSPS) is 18.8. The van der Waals surface area contributed by atoms with Crippen molar-refractivity contribution in [2.75, 3.05) is 13.1 Å². The minimum Gasteiger partial charge on any atom is -0.435 e. The average molecular weight is 367 g/mol. The third-order valence-electron chi connectivity index (χ3n) is 4.62. The zero-order valence-electron chi connectivity index (χ0n) is 14.4. The van der Waals surface area contributed by atoms with Gasteiger partial charge in [0.05, 0.1) is 6.04 Å². The van der Waals surface area contributed by atoms with Gasteiger partial charge in [-0.2, -0.15) is 8.78 Å². The number of ether oxygens (including phenoxy) is 1. The standard InChI is InChI=1S/C18H23F2N3O3/c19-17(20)26-13-6-7-14-12(10-13)2-1-3-15(14)23-18(25)22-9-8-21-16(24)11-4-5-11/h6-7,10-11,15,17H,1-5,8-9H2,(H,21,24)(H2,22,23,25). The van der Waals surface area contributed by atoms with Crippen molar-refractivity contribution in [1.82, 2.24) is 16.0 Å². The molecule has 1 aromatic rings. The van der Waals surface area contributed by atoms with Crippen molar-refractivity contribution in [2.45, 2.75) is 44.8 Å². The molecule has 1 saturated carbocycles. The van der Waals surface area contributed by atoms with Crippen LogP contribution in [0.25, 0.3) is 0 Å². The number of benzene rings is 1. The highest BCUT2D eigenvalue weighted by Gasteiger charge is 2.29. The fourth-order valence-corrected chi connectivity index (χ4v) is 3.18. The van der Waals surface area contributed by atoms with Crippen molar-refractivity contribution in [2.24, 2.45) is 5.92 Å². The molecule has 0 radical (unpaired) electrons. The number of carbonyl (C=O) groups is 2. The number of urea groups is 1. The van der Waals surface area contributed by atoms with Crippen molar-refractivity contribution < 1.29 is 23.1 Å².